The molecule has 2 atom stereocenters. The van der Waals surface area contributed by atoms with E-state index in [0.717, 1.165) is 24.8 Å². The van der Waals surface area contributed by atoms with Gasteiger partial charge in [0.25, 0.3) is 0 Å². The smallest absolute Gasteiger partial charge is 0.161 e. The lowest BCUT2D eigenvalue weighted by molar-refractivity contribution is -0.118. The fourth-order valence-corrected chi connectivity index (χ4v) is 2.10. The van der Waals surface area contributed by atoms with Gasteiger partial charge in [-0.25, -0.2) is 0 Å². The van der Waals surface area contributed by atoms with E-state index in [2.05, 4.69) is 18.7 Å². The van der Waals surface area contributed by atoms with Crippen LogP contribution in [0, 0.1) is 11.8 Å². The van der Waals surface area contributed by atoms with E-state index in [-0.39, 0.29) is 5.92 Å². The van der Waals surface area contributed by atoms with Crippen LogP contribution in [0.1, 0.15) is 19.3 Å². The van der Waals surface area contributed by atoms with E-state index in [4.69, 9.17) is 0 Å². The second-order valence-electron chi connectivity index (χ2n) is 3.48. The Hall–Kier alpha value is -0.850. The largest absolute Gasteiger partial charge is 0.294 e. The van der Waals surface area contributed by atoms with Crippen molar-refractivity contribution >= 4 is 5.78 Å². The molecule has 0 bridgehead atoms. The molecule has 2 rings (SSSR count). The molecular formula is C10H12O. The minimum absolute atomic E-state index is 0.285. The zero-order valence-electron chi connectivity index (χ0n) is 6.55. The third kappa shape index (κ3) is 0.953. The molecule has 1 heteroatoms. The van der Waals surface area contributed by atoms with Gasteiger partial charge in [-0.1, -0.05) is 18.7 Å². The van der Waals surface area contributed by atoms with Crippen molar-refractivity contribution in [2.24, 2.45) is 11.8 Å². The molecule has 0 aliphatic heterocycles. The summed E-state index contributed by atoms with van der Waals surface area (Å²) in [5, 5.41) is 0. The lowest BCUT2D eigenvalue weighted by atomic mass is 9.86. The van der Waals surface area contributed by atoms with E-state index in [1.165, 1.54) is 0 Å². The lowest BCUT2D eigenvalue weighted by Crippen LogP contribution is -2.16. The number of hydrogen-bond acceptors (Lipinski definition) is 1. The predicted molar refractivity (Wildman–Crippen MR) is 44.1 cm³/mol. The first-order chi connectivity index (χ1) is 5.29. The summed E-state index contributed by atoms with van der Waals surface area (Å²) in [6.07, 6.45) is 7.27. The molecule has 0 saturated heterocycles. The second-order valence-corrected chi connectivity index (χ2v) is 3.48. The SMILES string of the molecule is C=C1CC2CC=CCC2C1=O. The van der Waals surface area contributed by atoms with Crippen molar-refractivity contribution in [2.75, 3.05) is 0 Å². The molecule has 0 heterocycles. The molecule has 0 amide bonds. The van der Waals surface area contributed by atoms with Crippen molar-refractivity contribution in [1.82, 2.24) is 0 Å². The van der Waals surface area contributed by atoms with Gasteiger partial charge in [-0.2, -0.15) is 0 Å². The molecule has 11 heavy (non-hydrogen) atoms. The van der Waals surface area contributed by atoms with Gasteiger partial charge >= 0.3 is 0 Å². The lowest BCUT2D eigenvalue weighted by Gasteiger charge is -2.17. The zero-order chi connectivity index (χ0) is 7.84. The average molecular weight is 148 g/mol. The first-order valence-electron chi connectivity index (χ1n) is 4.16. The van der Waals surface area contributed by atoms with Gasteiger partial charge in [0.15, 0.2) is 5.78 Å². The van der Waals surface area contributed by atoms with Crippen molar-refractivity contribution in [3.05, 3.63) is 24.3 Å². The molecule has 1 saturated carbocycles. The topological polar surface area (TPSA) is 17.1 Å². The van der Waals surface area contributed by atoms with Crippen LogP contribution in [0.4, 0.5) is 0 Å². The number of carbonyl (C=O) groups is 1. The summed E-state index contributed by atoms with van der Waals surface area (Å²) < 4.78 is 0. The van der Waals surface area contributed by atoms with Crippen LogP contribution < -0.4 is 0 Å². The van der Waals surface area contributed by atoms with Crippen LogP contribution in [0.5, 0.6) is 0 Å². The third-order valence-corrected chi connectivity index (χ3v) is 2.76. The molecule has 2 aliphatic rings. The molecule has 1 nitrogen and oxygen atoms in total. The molecule has 0 aromatic rings. The third-order valence-electron chi connectivity index (χ3n) is 2.76. The molecule has 0 N–H and O–H groups in total. The minimum Gasteiger partial charge on any atom is -0.294 e. The summed E-state index contributed by atoms with van der Waals surface area (Å²) in [7, 11) is 0. The van der Waals surface area contributed by atoms with Crippen LogP contribution in [0.25, 0.3) is 0 Å². The first-order valence-corrected chi connectivity index (χ1v) is 4.16. The van der Waals surface area contributed by atoms with Crippen molar-refractivity contribution in [3.63, 3.8) is 0 Å². The molecular weight excluding hydrogens is 136 g/mol. The standard InChI is InChI=1S/C10H12O/c1-7-6-8-4-2-3-5-9(8)10(7)11/h2-3,8-9H,1,4-6H2. The quantitative estimate of drug-likeness (QED) is 0.380. The van der Waals surface area contributed by atoms with Crippen LogP contribution in [-0.4, -0.2) is 5.78 Å². The van der Waals surface area contributed by atoms with Gasteiger partial charge in [0, 0.05) is 5.92 Å². The van der Waals surface area contributed by atoms with E-state index in [1.54, 1.807) is 0 Å². The Balaban J connectivity index is 2.25. The van der Waals surface area contributed by atoms with Crippen molar-refractivity contribution in [1.29, 1.82) is 0 Å². The monoisotopic (exact) mass is 148 g/mol. The molecule has 1 fully saturated rings. The van der Waals surface area contributed by atoms with E-state index in [9.17, 15) is 4.79 Å². The van der Waals surface area contributed by atoms with Crippen LogP contribution in [0.3, 0.4) is 0 Å². The fraction of sp³-hybridized carbons (Fsp3) is 0.500. The fourth-order valence-electron chi connectivity index (χ4n) is 2.10. The van der Waals surface area contributed by atoms with Gasteiger partial charge in [-0.15, -0.1) is 0 Å². The maximum Gasteiger partial charge on any atom is 0.161 e. The van der Waals surface area contributed by atoms with Gasteiger partial charge in [0.1, 0.15) is 0 Å². The van der Waals surface area contributed by atoms with Gasteiger partial charge in [0.2, 0.25) is 0 Å². The molecule has 58 valence electrons. The summed E-state index contributed by atoms with van der Waals surface area (Å²) in [6, 6.07) is 0. The highest BCUT2D eigenvalue weighted by molar-refractivity contribution is 5.99. The van der Waals surface area contributed by atoms with Crippen molar-refractivity contribution in [2.45, 2.75) is 19.3 Å². The Kier molecular flexibility index (Phi) is 1.45. The Morgan fingerprint density at radius 1 is 1.36 bits per heavy atom. The number of Topliss-reactive ketones (excluding diaryl/α,β-unsaturated/α-hetero) is 1. The highest BCUT2D eigenvalue weighted by Crippen LogP contribution is 2.39. The maximum absolute atomic E-state index is 11.4. The number of fused-ring (bicyclic) bond motifs is 1. The van der Waals surface area contributed by atoms with Gasteiger partial charge < -0.3 is 0 Å². The number of carbonyl (C=O) groups excluding carboxylic acids is 1. The van der Waals surface area contributed by atoms with Crippen LogP contribution in [-0.2, 0) is 4.79 Å². The van der Waals surface area contributed by atoms with E-state index >= 15 is 0 Å². The van der Waals surface area contributed by atoms with Crippen molar-refractivity contribution in [3.8, 4) is 0 Å². The molecule has 0 spiro atoms. The van der Waals surface area contributed by atoms with E-state index < -0.39 is 0 Å². The summed E-state index contributed by atoms with van der Waals surface area (Å²) in [6.45, 7) is 3.78. The number of rotatable bonds is 0. The highest BCUT2D eigenvalue weighted by Gasteiger charge is 2.36. The molecule has 0 radical (unpaired) electrons. The molecule has 0 aromatic carbocycles. The summed E-state index contributed by atoms with van der Waals surface area (Å²) in [5.41, 5.74) is 0.851. The Morgan fingerprint density at radius 3 is 2.82 bits per heavy atom. The molecule has 2 unspecified atom stereocenters. The number of allylic oxidation sites excluding steroid dienone is 3. The Morgan fingerprint density at radius 2 is 2.09 bits per heavy atom. The van der Waals surface area contributed by atoms with E-state index in [0.29, 0.717) is 11.7 Å². The van der Waals surface area contributed by atoms with Crippen LogP contribution >= 0.6 is 0 Å². The second kappa shape index (κ2) is 2.33. The summed E-state index contributed by atoms with van der Waals surface area (Å²) >= 11 is 0. The van der Waals surface area contributed by atoms with Gasteiger partial charge in [0.05, 0.1) is 0 Å². The zero-order valence-corrected chi connectivity index (χ0v) is 6.55. The average Bonchev–Trinajstić information content (AvgIpc) is 2.30. The van der Waals surface area contributed by atoms with Crippen LogP contribution in [0.2, 0.25) is 0 Å². The van der Waals surface area contributed by atoms with Gasteiger partial charge in [-0.05, 0) is 30.8 Å². The van der Waals surface area contributed by atoms with Gasteiger partial charge in [-0.3, -0.25) is 4.79 Å². The first kappa shape index (κ1) is 6.84. The highest BCUT2D eigenvalue weighted by atomic mass is 16.1. The molecule has 0 aromatic heterocycles. The number of ketones is 1. The van der Waals surface area contributed by atoms with Crippen molar-refractivity contribution < 1.29 is 4.79 Å². The predicted octanol–water partition coefficient (Wildman–Crippen LogP) is 2.10. The van der Waals surface area contributed by atoms with Crippen LogP contribution in [0.15, 0.2) is 24.3 Å². The Bertz CT molecular complexity index is 237. The molecule has 2 aliphatic carbocycles. The summed E-state index contributed by atoms with van der Waals surface area (Å²) in [4.78, 5) is 11.4. The maximum atomic E-state index is 11.4. The van der Waals surface area contributed by atoms with E-state index in [1.807, 2.05) is 0 Å². The minimum atomic E-state index is 0.285. The Labute approximate surface area is 66.8 Å². The summed E-state index contributed by atoms with van der Waals surface area (Å²) in [5.74, 6) is 1.19. The normalized spacial score (nSPS) is 36.0. The number of hydrogen-bond donors (Lipinski definition) is 0.